The summed E-state index contributed by atoms with van der Waals surface area (Å²) in [7, 11) is 0. The van der Waals surface area contributed by atoms with E-state index < -0.39 is 0 Å². The van der Waals surface area contributed by atoms with Crippen LogP contribution in [0.4, 0.5) is 10.5 Å². The van der Waals surface area contributed by atoms with Gasteiger partial charge in [0, 0.05) is 43.1 Å². The molecule has 0 atom stereocenters. The highest BCUT2D eigenvalue weighted by atomic mass is 16.2. The molecule has 0 unspecified atom stereocenters. The standard InChI is InChI=1S/C20H27N5O2/c1-15(2)19(26)22-18-8-12-24(13-9-18)20(27)23-17-6-4-16(5-7-17)14-25-11-3-10-21-25/h3-7,10-11,15,18H,8-9,12-14H2,1-2H3,(H,22,26)(H,23,27). The van der Waals surface area contributed by atoms with Crippen LogP contribution in [-0.2, 0) is 11.3 Å². The molecule has 7 nitrogen and oxygen atoms in total. The number of amides is 3. The zero-order valence-electron chi connectivity index (χ0n) is 15.9. The van der Waals surface area contributed by atoms with Crippen molar-refractivity contribution >= 4 is 17.6 Å². The molecule has 27 heavy (non-hydrogen) atoms. The minimum atomic E-state index is -0.0940. The van der Waals surface area contributed by atoms with Crippen molar-refractivity contribution < 1.29 is 9.59 Å². The highest BCUT2D eigenvalue weighted by Crippen LogP contribution is 2.15. The molecule has 1 aliphatic rings. The third-order valence-electron chi connectivity index (χ3n) is 4.76. The molecule has 3 rings (SSSR count). The second-order valence-electron chi connectivity index (χ2n) is 7.26. The number of carbonyl (C=O) groups excluding carboxylic acids is 2. The van der Waals surface area contributed by atoms with E-state index in [0.29, 0.717) is 19.6 Å². The second-order valence-corrected chi connectivity index (χ2v) is 7.26. The Labute approximate surface area is 159 Å². The normalized spacial score (nSPS) is 15.0. The zero-order valence-corrected chi connectivity index (χ0v) is 15.9. The number of nitrogens with zero attached hydrogens (tertiary/aromatic N) is 3. The van der Waals surface area contributed by atoms with Crippen LogP contribution in [-0.4, -0.2) is 45.8 Å². The van der Waals surface area contributed by atoms with Gasteiger partial charge in [-0.2, -0.15) is 5.10 Å². The van der Waals surface area contributed by atoms with Gasteiger partial charge in [0.1, 0.15) is 0 Å². The summed E-state index contributed by atoms with van der Waals surface area (Å²) < 4.78 is 1.86. The fraction of sp³-hybridized carbons (Fsp3) is 0.450. The van der Waals surface area contributed by atoms with E-state index in [4.69, 9.17) is 0 Å². The van der Waals surface area contributed by atoms with E-state index in [0.717, 1.165) is 24.1 Å². The Kier molecular flexibility index (Phi) is 6.11. The molecule has 1 aromatic carbocycles. The molecule has 0 spiro atoms. The van der Waals surface area contributed by atoms with Gasteiger partial charge in [-0.05, 0) is 36.6 Å². The van der Waals surface area contributed by atoms with Crippen LogP contribution in [0.1, 0.15) is 32.3 Å². The fourth-order valence-electron chi connectivity index (χ4n) is 3.07. The smallest absolute Gasteiger partial charge is 0.321 e. The van der Waals surface area contributed by atoms with E-state index in [1.165, 1.54) is 0 Å². The van der Waals surface area contributed by atoms with Crippen LogP contribution in [0.2, 0.25) is 0 Å². The third-order valence-corrected chi connectivity index (χ3v) is 4.76. The number of piperidine rings is 1. The molecule has 7 heteroatoms. The van der Waals surface area contributed by atoms with E-state index >= 15 is 0 Å². The Morgan fingerprint density at radius 3 is 2.48 bits per heavy atom. The average molecular weight is 369 g/mol. The second kappa shape index (κ2) is 8.70. The monoisotopic (exact) mass is 369 g/mol. The summed E-state index contributed by atoms with van der Waals surface area (Å²) in [5.74, 6) is 0.0655. The lowest BCUT2D eigenvalue weighted by Gasteiger charge is -2.32. The number of hydrogen-bond donors (Lipinski definition) is 2. The molecule has 2 N–H and O–H groups in total. The first-order valence-electron chi connectivity index (χ1n) is 9.44. The van der Waals surface area contributed by atoms with Gasteiger partial charge >= 0.3 is 6.03 Å². The number of anilines is 1. The van der Waals surface area contributed by atoms with Crippen molar-refractivity contribution in [3.05, 3.63) is 48.3 Å². The summed E-state index contributed by atoms with van der Waals surface area (Å²) in [5, 5.41) is 10.2. The lowest BCUT2D eigenvalue weighted by Crippen LogP contribution is -2.48. The summed E-state index contributed by atoms with van der Waals surface area (Å²) in [6, 6.07) is 9.76. The molecule has 1 aliphatic heterocycles. The first kappa shape index (κ1) is 18.9. The summed E-state index contributed by atoms with van der Waals surface area (Å²) >= 11 is 0. The SMILES string of the molecule is CC(C)C(=O)NC1CCN(C(=O)Nc2ccc(Cn3cccn3)cc2)CC1. The lowest BCUT2D eigenvalue weighted by atomic mass is 10.0. The zero-order chi connectivity index (χ0) is 19.2. The largest absolute Gasteiger partial charge is 0.353 e. The minimum absolute atomic E-state index is 0.0115. The Balaban J connectivity index is 1.46. The first-order chi connectivity index (χ1) is 13.0. The molecular formula is C20H27N5O2. The number of nitrogens with one attached hydrogen (secondary N) is 2. The Morgan fingerprint density at radius 1 is 1.19 bits per heavy atom. The molecule has 2 heterocycles. The molecule has 2 aromatic rings. The topological polar surface area (TPSA) is 79.3 Å². The van der Waals surface area contributed by atoms with E-state index in [-0.39, 0.29) is 23.9 Å². The van der Waals surface area contributed by atoms with Gasteiger partial charge in [0.25, 0.3) is 0 Å². The van der Waals surface area contributed by atoms with Crippen molar-refractivity contribution in [3.8, 4) is 0 Å². The molecule has 3 amide bonds. The first-order valence-corrected chi connectivity index (χ1v) is 9.44. The van der Waals surface area contributed by atoms with Crippen molar-refractivity contribution in [2.45, 2.75) is 39.3 Å². The van der Waals surface area contributed by atoms with Crippen molar-refractivity contribution in [1.29, 1.82) is 0 Å². The van der Waals surface area contributed by atoms with Crippen LogP contribution in [0, 0.1) is 5.92 Å². The molecule has 0 aliphatic carbocycles. The van der Waals surface area contributed by atoms with Gasteiger partial charge in [0.2, 0.25) is 5.91 Å². The predicted octanol–water partition coefficient (Wildman–Crippen LogP) is 2.70. The van der Waals surface area contributed by atoms with Crippen molar-refractivity contribution in [3.63, 3.8) is 0 Å². The average Bonchev–Trinajstić information content (AvgIpc) is 3.17. The maximum atomic E-state index is 12.5. The summed E-state index contributed by atoms with van der Waals surface area (Å²) in [6.07, 6.45) is 5.25. The number of benzene rings is 1. The fourth-order valence-corrected chi connectivity index (χ4v) is 3.07. The molecule has 1 fully saturated rings. The number of likely N-dealkylation sites (tertiary alicyclic amines) is 1. The van der Waals surface area contributed by atoms with Gasteiger partial charge in [0.15, 0.2) is 0 Å². The van der Waals surface area contributed by atoms with Crippen molar-refractivity contribution in [2.75, 3.05) is 18.4 Å². The van der Waals surface area contributed by atoms with Crippen molar-refractivity contribution in [1.82, 2.24) is 20.0 Å². The molecular weight excluding hydrogens is 342 g/mol. The minimum Gasteiger partial charge on any atom is -0.353 e. The number of hydrogen-bond acceptors (Lipinski definition) is 3. The molecule has 1 aromatic heterocycles. The van der Waals surface area contributed by atoms with E-state index in [1.807, 2.05) is 55.1 Å². The Morgan fingerprint density at radius 2 is 1.89 bits per heavy atom. The van der Waals surface area contributed by atoms with Crippen LogP contribution >= 0.6 is 0 Å². The van der Waals surface area contributed by atoms with Gasteiger partial charge in [-0.3, -0.25) is 9.48 Å². The molecule has 0 radical (unpaired) electrons. The highest BCUT2D eigenvalue weighted by molar-refractivity contribution is 5.89. The van der Waals surface area contributed by atoms with Crippen LogP contribution in [0.25, 0.3) is 0 Å². The Bertz CT molecular complexity index is 747. The number of aromatic nitrogens is 2. The van der Waals surface area contributed by atoms with Gasteiger partial charge in [0.05, 0.1) is 6.54 Å². The lowest BCUT2D eigenvalue weighted by molar-refractivity contribution is -0.124. The predicted molar refractivity (Wildman–Crippen MR) is 104 cm³/mol. The third kappa shape index (κ3) is 5.32. The van der Waals surface area contributed by atoms with Gasteiger partial charge in [-0.15, -0.1) is 0 Å². The molecule has 0 bridgehead atoms. The van der Waals surface area contributed by atoms with E-state index in [9.17, 15) is 9.59 Å². The van der Waals surface area contributed by atoms with Crippen LogP contribution in [0.3, 0.4) is 0 Å². The quantitative estimate of drug-likeness (QED) is 0.850. The van der Waals surface area contributed by atoms with Gasteiger partial charge in [-0.25, -0.2) is 4.79 Å². The van der Waals surface area contributed by atoms with Crippen molar-refractivity contribution in [2.24, 2.45) is 5.92 Å². The summed E-state index contributed by atoms with van der Waals surface area (Å²) in [5.41, 5.74) is 1.90. The maximum Gasteiger partial charge on any atom is 0.321 e. The van der Waals surface area contributed by atoms with E-state index in [2.05, 4.69) is 15.7 Å². The van der Waals surface area contributed by atoms with E-state index in [1.54, 1.807) is 11.1 Å². The van der Waals surface area contributed by atoms with Crippen LogP contribution in [0.5, 0.6) is 0 Å². The molecule has 144 valence electrons. The molecule has 0 saturated carbocycles. The molecule has 1 saturated heterocycles. The number of rotatable bonds is 5. The highest BCUT2D eigenvalue weighted by Gasteiger charge is 2.24. The van der Waals surface area contributed by atoms with Crippen LogP contribution < -0.4 is 10.6 Å². The van der Waals surface area contributed by atoms with Crippen LogP contribution in [0.15, 0.2) is 42.7 Å². The maximum absolute atomic E-state index is 12.5. The summed E-state index contributed by atoms with van der Waals surface area (Å²) in [6.45, 7) is 5.77. The van der Waals surface area contributed by atoms with Gasteiger partial charge < -0.3 is 15.5 Å². The number of carbonyl (C=O) groups is 2. The summed E-state index contributed by atoms with van der Waals surface area (Å²) in [4.78, 5) is 26.0. The van der Waals surface area contributed by atoms with Gasteiger partial charge in [-0.1, -0.05) is 26.0 Å². The Hall–Kier alpha value is -2.83. The number of urea groups is 1.